The van der Waals surface area contributed by atoms with Crippen molar-refractivity contribution in [2.45, 2.75) is 12.2 Å². The second-order valence-electron chi connectivity index (χ2n) is 4.72. The lowest BCUT2D eigenvalue weighted by molar-refractivity contribution is -0.0386. The van der Waals surface area contributed by atoms with E-state index < -0.39 is 24.8 Å². The van der Waals surface area contributed by atoms with Gasteiger partial charge in [-0.3, -0.25) is 0 Å². The van der Waals surface area contributed by atoms with Crippen LogP contribution in [0.15, 0.2) is 54.6 Å². The Kier molecular flexibility index (Phi) is 5.52. The van der Waals surface area contributed by atoms with Gasteiger partial charge in [0, 0.05) is 0 Å². The zero-order valence-corrected chi connectivity index (χ0v) is 12.2. The van der Waals surface area contributed by atoms with Gasteiger partial charge in [0.1, 0.15) is 11.9 Å². The molecule has 0 saturated heterocycles. The minimum Gasteiger partial charge on any atom is -0.497 e. The molecule has 0 radical (unpaired) electrons. The van der Waals surface area contributed by atoms with Gasteiger partial charge in [0.25, 0.3) is 0 Å². The minimum atomic E-state index is -1.19. The Balaban J connectivity index is 2.17. The van der Waals surface area contributed by atoms with E-state index in [1.807, 2.05) is 6.07 Å². The number of aliphatic hydroxyl groups excluding tert-OH is 2. The highest BCUT2D eigenvalue weighted by Gasteiger charge is 2.25. The molecule has 22 heavy (non-hydrogen) atoms. The van der Waals surface area contributed by atoms with Crippen molar-refractivity contribution in [3.63, 3.8) is 0 Å². The summed E-state index contributed by atoms with van der Waals surface area (Å²) in [6, 6.07) is 15.3. The van der Waals surface area contributed by atoms with Crippen molar-refractivity contribution in [2.24, 2.45) is 0 Å². The molecule has 0 aliphatic carbocycles. The molecule has 0 bridgehead atoms. The Labute approximate surface area is 128 Å². The number of aliphatic hydroxyl groups is 2. The van der Waals surface area contributed by atoms with Crippen molar-refractivity contribution in [1.29, 1.82) is 0 Å². The smallest absolute Gasteiger partial charge is 0.338 e. The lowest BCUT2D eigenvalue weighted by Crippen LogP contribution is -2.27. The molecule has 0 saturated carbocycles. The van der Waals surface area contributed by atoms with E-state index in [9.17, 15) is 9.90 Å². The van der Waals surface area contributed by atoms with Gasteiger partial charge in [-0.15, -0.1) is 0 Å². The predicted octanol–water partition coefficient (Wildman–Crippen LogP) is 1.95. The highest BCUT2D eigenvalue weighted by Crippen LogP contribution is 2.23. The van der Waals surface area contributed by atoms with E-state index >= 15 is 0 Å². The Bertz CT molecular complexity index is 594. The van der Waals surface area contributed by atoms with E-state index in [1.54, 1.807) is 48.5 Å². The van der Waals surface area contributed by atoms with Crippen molar-refractivity contribution in [2.75, 3.05) is 13.7 Å². The fraction of sp³-hybridized carbons (Fsp3) is 0.235. The number of ether oxygens (including phenoxy) is 2. The number of benzene rings is 2. The fourth-order valence-electron chi connectivity index (χ4n) is 2.02. The minimum absolute atomic E-state index is 0.340. The van der Waals surface area contributed by atoms with Crippen LogP contribution in [0.4, 0.5) is 0 Å². The summed E-state index contributed by atoms with van der Waals surface area (Å²) in [7, 11) is 1.54. The molecule has 0 aromatic heterocycles. The number of carbonyl (C=O) groups excluding carboxylic acids is 1. The molecule has 2 atom stereocenters. The molecule has 0 spiro atoms. The zero-order chi connectivity index (χ0) is 15.9. The summed E-state index contributed by atoms with van der Waals surface area (Å²) in [5.41, 5.74) is 0.956. The normalized spacial score (nSPS) is 13.2. The van der Waals surface area contributed by atoms with E-state index in [1.165, 1.54) is 7.11 Å². The van der Waals surface area contributed by atoms with Gasteiger partial charge in [-0.25, -0.2) is 4.79 Å². The first-order chi connectivity index (χ1) is 10.7. The quantitative estimate of drug-likeness (QED) is 0.798. The van der Waals surface area contributed by atoms with Crippen LogP contribution < -0.4 is 4.74 Å². The number of carbonyl (C=O) groups is 1. The van der Waals surface area contributed by atoms with Crippen LogP contribution in [-0.2, 0) is 4.74 Å². The second-order valence-corrected chi connectivity index (χ2v) is 4.72. The molecule has 2 rings (SSSR count). The maximum Gasteiger partial charge on any atom is 0.338 e. The van der Waals surface area contributed by atoms with Crippen LogP contribution >= 0.6 is 0 Å². The molecule has 0 amide bonds. The molecule has 116 valence electrons. The van der Waals surface area contributed by atoms with E-state index in [4.69, 9.17) is 14.6 Å². The monoisotopic (exact) mass is 302 g/mol. The lowest BCUT2D eigenvalue weighted by Gasteiger charge is -2.22. The molecule has 0 aliphatic heterocycles. The third kappa shape index (κ3) is 3.84. The first-order valence-corrected chi connectivity index (χ1v) is 6.84. The molecule has 0 fully saturated rings. The number of rotatable bonds is 6. The van der Waals surface area contributed by atoms with Crippen LogP contribution in [0.1, 0.15) is 22.0 Å². The van der Waals surface area contributed by atoms with Crippen molar-refractivity contribution >= 4 is 5.97 Å². The number of hydrogen-bond acceptors (Lipinski definition) is 5. The van der Waals surface area contributed by atoms with Crippen LogP contribution in [0, 0.1) is 0 Å². The molecule has 2 N–H and O–H groups in total. The molecule has 0 heterocycles. The van der Waals surface area contributed by atoms with Gasteiger partial charge < -0.3 is 19.7 Å². The van der Waals surface area contributed by atoms with Crippen LogP contribution in [-0.4, -0.2) is 36.0 Å². The van der Waals surface area contributed by atoms with Crippen LogP contribution in [0.2, 0.25) is 0 Å². The summed E-state index contributed by atoms with van der Waals surface area (Å²) < 4.78 is 10.4. The van der Waals surface area contributed by atoms with Crippen molar-refractivity contribution in [1.82, 2.24) is 0 Å². The molecular weight excluding hydrogens is 284 g/mol. The highest BCUT2D eigenvalue weighted by molar-refractivity contribution is 5.89. The molecular formula is C17H18O5. The van der Waals surface area contributed by atoms with Crippen molar-refractivity contribution < 1.29 is 24.5 Å². The molecule has 2 aromatic rings. The molecule has 0 unspecified atom stereocenters. The van der Waals surface area contributed by atoms with Gasteiger partial charge in [0.05, 0.1) is 19.3 Å². The van der Waals surface area contributed by atoms with E-state index in [-0.39, 0.29) is 0 Å². The molecule has 2 aromatic carbocycles. The van der Waals surface area contributed by atoms with E-state index in [0.29, 0.717) is 16.9 Å². The maximum atomic E-state index is 12.2. The summed E-state index contributed by atoms with van der Waals surface area (Å²) in [6.45, 7) is -0.505. The first-order valence-electron chi connectivity index (χ1n) is 6.84. The number of methoxy groups -OCH3 is 1. The van der Waals surface area contributed by atoms with Crippen LogP contribution in [0.3, 0.4) is 0 Å². The summed E-state index contributed by atoms with van der Waals surface area (Å²) in [5, 5.41) is 19.1. The van der Waals surface area contributed by atoms with Crippen LogP contribution in [0.25, 0.3) is 0 Å². The number of esters is 1. The zero-order valence-electron chi connectivity index (χ0n) is 12.2. The predicted molar refractivity (Wildman–Crippen MR) is 80.7 cm³/mol. The first kappa shape index (κ1) is 16.0. The Morgan fingerprint density at radius 2 is 1.73 bits per heavy atom. The van der Waals surface area contributed by atoms with Gasteiger partial charge in [0.2, 0.25) is 0 Å². The van der Waals surface area contributed by atoms with Gasteiger partial charge in [-0.1, -0.05) is 30.3 Å². The molecule has 5 heteroatoms. The number of hydrogen-bond donors (Lipinski definition) is 2. The maximum absolute atomic E-state index is 12.2. The third-order valence-electron chi connectivity index (χ3n) is 3.22. The SMILES string of the molecule is COc1ccc(C(=O)O[C@H](c2ccccc2)[C@@H](O)CO)cc1. The average Bonchev–Trinajstić information content (AvgIpc) is 2.59. The van der Waals surface area contributed by atoms with Crippen molar-refractivity contribution in [3.05, 3.63) is 65.7 Å². The Morgan fingerprint density at radius 3 is 2.27 bits per heavy atom. The standard InChI is InChI=1S/C17H18O5/c1-21-14-9-7-13(8-10-14)17(20)22-16(15(19)11-18)12-5-3-2-4-6-12/h2-10,15-16,18-19H,11H2,1H3/t15-,16+/m0/s1. The largest absolute Gasteiger partial charge is 0.497 e. The Hall–Kier alpha value is -2.37. The van der Waals surface area contributed by atoms with E-state index in [2.05, 4.69) is 0 Å². The third-order valence-corrected chi connectivity index (χ3v) is 3.22. The van der Waals surface area contributed by atoms with Gasteiger partial charge in [0.15, 0.2) is 6.10 Å². The summed E-state index contributed by atoms with van der Waals surface area (Å²) in [5.74, 6) is 0.0514. The lowest BCUT2D eigenvalue weighted by atomic mass is 10.0. The highest BCUT2D eigenvalue weighted by atomic mass is 16.6. The van der Waals surface area contributed by atoms with Crippen LogP contribution in [0.5, 0.6) is 5.75 Å². The molecule has 5 nitrogen and oxygen atoms in total. The van der Waals surface area contributed by atoms with Gasteiger partial charge in [-0.2, -0.15) is 0 Å². The van der Waals surface area contributed by atoms with Gasteiger partial charge in [-0.05, 0) is 29.8 Å². The summed E-state index contributed by atoms with van der Waals surface area (Å²) in [6.07, 6.45) is -2.12. The van der Waals surface area contributed by atoms with Gasteiger partial charge >= 0.3 is 5.97 Å². The summed E-state index contributed by atoms with van der Waals surface area (Å²) >= 11 is 0. The van der Waals surface area contributed by atoms with Crippen molar-refractivity contribution in [3.8, 4) is 5.75 Å². The average molecular weight is 302 g/mol. The second kappa shape index (κ2) is 7.59. The van der Waals surface area contributed by atoms with E-state index in [0.717, 1.165) is 0 Å². The summed E-state index contributed by atoms with van der Waals surface area (Å²) in [4.78, 5) is 12.2. The molecule has 0 aliphatic rings. The topological polar surface area (TPSA) is 76.0 Å². The Morgan fingerprint density at radius 1 is 1.09 bits per heavy atom. The fourth-order valence-corrected chi connectivity index (χ4v) is 2.02.